The molecule has 5 heteroatoms. The molecule has 4 nitrogen and oxygen atoms in total. The molecule has 1 atom stereocenters. The van der Waals surface area contributed by atoms with Gasteiger partial charge in [-0.2, -0.15) is 0 Å². The smallest absolute Gasteiger partial charge is 0.307 e. The van der Waals surface area contributed by atoms with E-state index in [1.54, 1.807) is 11.3 Å². The second kappa shape index (κ2) is 5.69. The fourth-order valence-corrected chi connectivity index (χ4v) is 3.33. The van der Waals surface area contributed by atoms with E-state index < -0.39 is 0 Å². The van der Waals surface area contributed by atoms with Gasteiger partial charge < -0.3 is 9.64 Å². The number of esters is 1. The number of aromatic nitrogens is 1. The Morgan fingerprint density at radius 2 is 2.28 bits per heavy atom. The average molecular weight is 268 g/mol. The van der Waals surface area contributed by atoms with Crippen LogP contribution in [0, 0.1) is 13.8 Å². The Bertz CT molecular complexity index is 411. The molecule has 0 aliphatic carbocycles. The predicted octanol–water partition coefficient (Wildman–Crippen LogP) is 2.68. The van der Waals surface area contributed by atoms with E-state index in [1.807, 2.05) is 6.92 Å². The standard InChI is InChI=1S/C13H20N2O2S/c1-9-10(2)18-13(14-9)15-7-5-4-6-11(15)8-12(16)17-3/h11H,4-8H2,1-3H3. The fraction of sp³-hybridized carbons (Fsp3) is 0.692. The maximum Gasteiger partial charge on any atom is 0.307 e. The zero-order valence-electron chi connectivity index (χ0n) is 11.2. The molecule has 1 aromatic rings. The third-order valence-electron chi connectivity index (χ3n) is 3.52. The van der Waals surface area contributed by atoms with E-state index >= 15 is 0 Å². The topological polar surface area (TPSA) is 42.4 Å². The number of nitrogens with zero attached hydrogens (tertiary/aromatic N) is 2. The molecule has 100 valence electrons. The van der Waals surface area contributed by atoms with Crippen LogP contribution in [0.3, 0.4) is 0 Å². The zero-order chi connectivity index (χ0) is 13.1. The number of aryl methyl sites for hydroxylation is 2. The van der Waals surface area contributed by atoms with Crippen molar-refractivity contribution in [2.24, 2.45) is 0 Å². The highest BCUT2D eigenvalue weighted by Crippen LogP contribution is 2.31. The Kier molecular flexibility index (Phi) is 4.22. The van der Waals surface area contributed by atoms with Crippen LogP contribution in [-0.2, 0) is 9.53 Å². The van der Waals surface area contributed by atoms with Crippen molar-refractivity contribution in [2.75, 3.05) is 18.6 Å². The third-order valence-corrected chi connectivity index (χ3v) is 4.63. The van der Waals surface area contributed by atoms with Crippen molar-refractivity contribution < 1.29 is 9.53 Å². The molecule has 18 heavy (non-hydrogen) atoms. The molecule has 1 aliphatic heterocycles. The van der Waals surface area contributed by atoms with Gasteiger partial charge in [-0.1, -0.05) is 0 Å². The first-order chi connectivity index (χ1) is 8.61. The monoisotopic (exact) mass is 268 g/mol. The summed E-state index contributed by atoms with van der Waals surface area (Å²) >= 11 is 1.72. The minimum Gasteiger partial charge on any atom is -0.469 e. The molecule has 2 rings (SSSR count). The van der Waals surface area contributed by atoms with Crippen molar-refractivity contribution in [3.63, 3.8) is 0 Å². The van der Waals surface area contributed by atoms with E-state index in [0.29, 0.717) is 6.42 Å². The highest BCUT2D eigenvalue weighted by Gasteiger charge is 2.27. The Morgan fingerprint density at radius 3 is 2.89 bits per heavy atom. The molecule has 1 unspecified atom stereocenters. The van der Waals surface area contributed by atoms with Gasteiger partial charge in [-0.15, -0.1) is 11.3 Å². The van der Waals surface area contributed by atoms with Crippen LogP contribution in [-0.4, -0.2) is 30.6 Å². The number of ether oxygens (including phenoxy) is 1. The molecule has 0 bridgehead atoms. The van der Waals surface area contributed by atoms with Crippen LogP contribution in [0.1, 0.15) is 36.3 Å². The van der Waals surface area contributed by atoms with Crippen LogP contribution in [0.25, 0.3) is 0 Å². The summed E-state index contributed by atoms with van der Waals surface area (Å²) in [5.41, 5.74) is 1.09. The summed E-state index contributed by atoms with van der Waals surface area (Å²) in [5, 5.41) is 1.05. The molecule has 0 amide bonds. The number of piperidine rings is 1. The largest absolute Gasteiger partial charge is 0.469 e. The maximum atomic E-state index is 11.5. The molecule has 0 aromatic carbocycles. The summed E-state index contributed by atoms with van der Waals surface area (Å²) < 4.78 is 4.78. The fourth-order valence-electron chi connectivity index (χ4n) is 2.32. The number of methoxy groups -OCH3 is 1. The predicted molar refractivity (Wildman–Crippen MR) is 73.2 cm³/mol. The van der Waals surface area contributed by atoms with E-state index in [0.717, 1.165) is 23.8 Å². The minimum absolute atomic E-state index is 0.128. The second-order valence-electron chi connectivity index (χ2n) is 4.76. The number of rotatable bonds is 3. The summed E-state index contributed by atoms with van der Waals surface area (Å²) in [5.74, 6) is -0.128. The number of carbonyl (C=O) groups is 1. The molecule has 1 aliphatic rings. The van der Waals surface area contributed by atoms with E-state index in [-0.39, 0.29) is 12.0 Å². The van der Waals surface area contributed by atoms with E-state index in [1.165, 1.54) is 24.8 Å². The SMILES string of the molecule is COC(=O)CC1CCCCN1c1nc(C)c(C)s1. The summed E-state index contributed by atoms with van der Waals surface area (Å²) in [7, 11) is 1.45. The zero-order valence-corrected chi connectivity index (χ0v) is 12.0. The van der Waals surface area contributed by atoms with Gasteiger partial charge in [0.05, 0.1) is 19.2 Å². The van der Waals surface area contributed by atoms with Crippen molar-refractivity contribution in [3.8, 4) is 0 Å². The summed E-state index contributed by atoms with van der Waals surface area (Å²) in [6.07, 6.45) is 3.87. The van der Waals surface area contributed by atoms with E-state index in [9.17, 15) is 4.79 Å². The van der Waals surface area contributed by atoms with Crippen LogP contribution < -0.4 is 4.90 Å². The molecule has 1 saturated heterocycles. The lowest BCUT2D eigenvalue weighted by Gasteiger charge is -2.34. The lowest BCUT2D eigenvalue weighted by atomic mass is 10.00. The van der Waals surface area contributed by atoms with Gasteiger partial charge in [0.1, 0.15) is 0 Å². The number of hydrogen-bond acceptors (Lipinski definition) is 5. The van der Waals surface area contributed by atoms with Crippen molar-refractivity contribution in [3.05, 3.63) is 10.6 Å². The molecule has 2 heterocycles. The average Bonchev–Trinajstić information content (AvgIpc) is 2.70. The molecule has 0 saturated carbocycles. The summed E-state index contributed by atoms with van der Waals surface area (Å²) in [6, 6.07) is 0.246. The molecule has 0 spiro atoms. The molecular weight excluding hydrogens is 248 g/mol. The van der Waals surface area contributed by atoms with Crippen LogP contribution in [0.15, 0.2) is 0 Å². The Hall–Kier alpha value is -1.10. The summed E-state index contributed by atoms with van der Waals surface area (Å²) in [6.45, 7) is 5.12. The molecule has 0 N–H and O–H groups in total. The van der Waals surface area contributed by atoms with Gasteiger partial charge in [-0.25, -0.2) is 4.98 Å². The first-order valence-corrected chi connectivity index (χ1v) is 7.21. The molecule has 1 fully saturated rings. The van der Waals surface area contributed by atoms with Crippen molar-refractivity contribution in [2.45, 2.75) is 45.6 Å². The Morgan fingerprint density at radius 1 is 1.50 bits per heavy atom. The van der Waals surface area contributed by atoms with Crippen LogP contribution >= 0.6 is 11.3 Å². The van der Waals surface area contributed by atoms with Gasteiger partial charge in [0, 0.05) is 17.5 Å². The number of carbonyl (C=O) groups excluding carboxylic acids is 1. The van der Waals surface area contributed by atoms with Gasteiger partial charge >= 0.3 is 5.97 Å². The maximum absolute atomic E-state index is 11.5. The second-order valence-corrected chi connectivity index (χ2v) is 5.94. The molecule has 1 aromatic heterocycles. The van der Waals surface area contributed by atoms with Crippen LogP contribution in [0.2, 0.25) is 0 Å². The van der Waals surface area contributed by atoms with Crippen LogP contribution in [0.5, 0.6) is 0 Å². The van der Waals surface area contributed by atoms with Gasteiger partial charge in [-0.05, 0) is 33.1 Å². The van der Waals surface area contributed by atoms with Crippen molar-refractivity contribution >= 4 is 22.4 Å². The number of anilines is 1. The van der Waals surface area contributed by atoms with E-state index in [2.05, 4.69) is 16.8 Å². The van der Waals surface area contributed by atoms with E-state index in [4.69, 9.17) is 4.74 Å². The normalized spacial score (nSPS) is 19.9. The van der Waals surface area contributed by atoms with Crippen LogP contribution in [0.4, 0.5) is 5.13 Å². The van der Waals surface area contributed by atoms with Gasteiger partial charge in [0.25, 0.3) is 0 Å². The summed E-state index contributed by atoms with van der Waals surface area (Å²) in [4.78, 5) is 19.6. The minimum atomic E-state index is -0.128. The van der Waals surface area contributed by atoms with Gasteiger partial charge in [0.15, 0.2) is 5.13 Å². The van der Waals surface area contributed by atoms with Crippen molar-refractivity contribution in [1.82, 2.24) is 4.98 Å². The number of hydrogen-bond donors (Lipinski definition) is 0. The van der Waals surface area contributed by atoms with Gasteiger partial charge in [-0.3, -0.25) is 4.79 Å². The Balaban J connectivity index is 2.14. The Labute approximate surface area is 112 Å². The molecule has 0 radical (unpaired) electrons. The highest BCUT2D eigenvalue weighted by atomic mass is 32.1. The number of thiazole rings is 1. The third kappa shape index (κ3) is 2.83. The quantitative estimate of drug-likeness (QED) is 0.790. The first-order valence-electron chi connectivity index (χ1n) is 6.39. The van der Waals surface area contributed by atoms with Gasteiger partial charge in [0.2, 0.25) is 0 Å². The lowest BCUT2D eigenvalue weighted by molar-refractivity contribution is -0.141. The first kappa shape index (κ1) is 13.3. The van der Waals surface area contributed by atoms with Crippen molar-refractivity contribution in [1.29, 1.82) is 0 Å². The lowest BCUT2D eigenvalue weighted by Crippen LogP contribution is -2.41. The highest BCUT2D eigenvalue weighted by molar-refractivity contribution is 7.15. The molecular formula is C13H20N2O2S.